The SMILES string of the molecule is COc1ccc(-c2ocnc2C(=O)N[C@@H](C)CCc2cncc(F)c2)cc1Br. The molecule has 146 valence electrons. The lowest BCUT2D eigenvalue weighted by Gasteiger charge is -2.13. The van der Waals surface area contributed by atoms with Crippen molar-refractivity contribution in [1.82, 2.24) is 15.3 Å². The molecular weight excluding hydrogens is 429 g/mol. The fraction of sp³-hybridized carbons (Fsp3) is 0.250. The number of ether oxygens (including phenoxy) is 1. The Hall–Kier alpha value is -2.74. The molecule has 0 radical (unpaired) electrons. The van der Waals surface area contributed by atoms with E-state index in [9.17, 15) is 9.18 Å². The van der Waals surface area contributed by atoms with E-state index in [4.69, 9.17) is 9.15 Å². The van der Waals surface area contributed by atoms with E-state index >= 15 is 0 Å². The number of amides is 1. The van der Waals surface area contributed by atoms with Crippen molar-refractivity contribution in [3.05, 3.63) is 64.6 Å². The normalized spacial score (nSPS) is 11.9. The maximum Gasteiger partial charge on any atom is 0.274 e. The van der Waals surface area contributed by atoms with Gasteiger partial charge in [0.1, 0.15) is 11.6 Å². The molecular formula is C20H19BrFN3O3. The van der Waals surface area contributed by atoms with Crippen LogP contribution >= 0.6 is 15.9 Å². The van der Waals surface area contributed by atoms with Gasteiger partial charge in [-0.3, -0.25) is 9.78 Å². The summed E-state index contributed by atoms with van der Waals surface area (Å²) in [6.45, 7) is 1.88. The molecule has 0 unspecified atom stereocenters. The molecule has 0 fully saturated rings. The van der Waals surface area contributed by atoms with Gasteiger partial charge in [-0.2, -0.15) is 0 Å². The van der Waals surface area contributed by atoms with Crippen LogP contribution in [0.15, 0.2) is 51.9 Å². The van der Waals surface area contributed by atoms with Gasteiger partial charge in [-0.25, -0.2) is 9.37 Å². The largest absolute Gasteiger partial charge is 0.496 e. The fourth-order valence-electron chi connectivity index (χ4n) is 2.76. The number of hydrogen-bond donors (Lipinski definition) is 1. The minimum absolute atomic E-state index is 0.136. The van der Waals surface area contributed by atoms with Crippen molar-refractivity contribution in [2.45, 2.75) is 25.8 Å². The van der Waals surface area contributed by atoms with E-state index in [0.717, 1.165) is 10.0 Å². The van der Waals surface area contributed by atoms with Crippen molar-refractivity contribution in [3.63, 3.8) is 0 Å². The third-order valence-electron chi connectivity index (χ3n) is 4.20. The molecule has 1 amide bonds. The maximum absolute atomic E-state index is 13.2. The Kier molecular flexibility index (Phi) is 6.41. The Labute approximate surface area is 170 Å². The predicted octanol–water partition coefficient (Wildman–Crippen LogP) is 4.40. The van der Waals surface area contributed by atoms with Crippen LogP contribution in [0.1, 0.15) is 29.4 Å². The Morgan fingerprint density at radius 2 is 2.18 bits per heavy atom. The first-order chi connectivity index (χ1) is 13.5. The summed E-state index contributed by atoms with van der Waals surface area (Å²) in [7, 11) is 1.58. The van der Waals surface area contributed by atoms with E-state index in [1.807, 2.05) is 6.92 Å². The minimum Gasteiger partial charge on any atom is -0.496 e. The Morgan fingerprint density at radius 1 is 1.36 bits per heavy atom. The number of benzene rings is 1. The highest BCUT2D eigenvalue weighted by Crippen LogP contribution is 2.31. The molecule has 0 saturated heterocycles. The number of aromatic nitrogens is 2. The molecule has 1 N–H and O–H groups in total. The van der Waals surface area contributed by atoms with Gasteiger partial charge in [0.05, 0.1) is 17.8 Å². The molecule has 2 aromatic heterocycles. The monoisotopic (exact) mass is 447 g/mol. The predicted molar refractivity (Wildman–Crippen MR) is 106 cm³/mol. The van der Waals surface area contributed by atoms with Crippen LogP contribution in [0.5, 0.6) is 5.75 Å². The van der Waals surface area contributed by atoms with Gasteiger partial charge in [-0.05, 0) is 65.5 Å². The molecule has 8 heteroatoms. The lowest BCUT2D eigenvalue weighted by molar-refractivity contribution is 0.0934. The molecule has 6 nitrogen and oxygen atoms in total. The van der Waals surface area contributed by atoms with Crippen LogP contribution in [0.25, 0.3) is 11.3 Å². The van der Waals surface area contributed by atoms with E-state index in [1.165, 1.54) is 18.7 Å². The first-order valence-electron chi connectivity index (χ1n) is 8.65. The second kappa shape index (κ2) is 8.97. The maximum atomic E-state index is 13.2. The Balaban J connectivity index is 1.67. The number of nitrogens with zero attached hydrogens (tertiary/aromatic N) is 2. The van der Waals surface area contributed by atoms with Gasteiger partial charge in [0, 0.05) is 17.8 Å². The van der Waals surface area contributed by atoms with E-state index in [0.29, 0.717) is 29.9 Å². The van der Waals surface area contributed by atoms with E-state index in [-0.39, 0.29) is 23.5 Å². The average molecular weight is 448 g/mol. The lowest BCUT2D eigenvalue weighted by atomic mass is 10.1. The molecule has 3 rings (SSSR count). The molecule has 1 aromatic carbocycles. The van der Waals surface area contributed by atoms with Crippen molar-refractivity contribution in [2.24, 2.45) is 0 Å². The molecule has 1 atom stereocenters. The summed E-state index contributed by atoms with van der Waals surface area (Å²) in [6.07, 6.45) is 5.26. The van der Waals surface area contributed by atoms with Crippen LogP contribution in [0.2, 0.25) is 0 Å². The smallest absolute Gasteiger partial charge is 0.274 e. The van der Waals surface area contributed by atoms with Crippen molar-refractivity contribution < 1.29 is 18.3 Å². The number of aryl methyl sites for hydroxylation is 1. The lowest BCUT2D eigenvalue weighted by Crippen LogP contribution is -2.33. The van der Waals surface area contributed by atoms with Crippen LogP contribution in [-0.4, -0.2) is 29.0 Å². The quantitative estimate of drug-likeness (QED) is 0.580. The highest BCUT2D eigenvalue weighted by atomic mass is 79.9. The molecule has 3 aromatic rings. The average Bonchev–Trinajstić information content (AvgIpc) is 3.16. The first kappa shape index (κ1) is 20.0. The van der Waals surface area contributed by atoms with Crippen molar-refractivity contribution in [2.75, 3.05) is 7.11 Å². The molecule has 0 bridgehead atoms. The van der Waals surface area contributed by atoms with Gasteiger partial charge in [0.15, 0.2) is 17.8 Å². The number of rotatable bonds is 7. The van der Waals surface area contributed by atoms with Crippen LogP contribution in [0.4, 0.5) is 4.39 Å². The zero-order valence-electron chi connectivity index (χ0n) is 15.4. The summed E-state index contributed by atoms with van der Waals surface area (Å²) in [5.41, 5.74) is 1.69. The van der Waals surface area contributed by atoms with Gasteiger partial charge in [-0.1, -0.05) is 0 Å². The van der Waals surface area contributed by atoms with Crippen LogP contribution < -0.4 is 10.1 Å². The third kappa shape index (κ3) is 4.75. The molecule has 2 heterocycles. The van der Waals surface area contributed by atoms with E-state index < -0.39 is 0 Å². The highest BCUT2D eigenvalue weighted by Gasteiger charge is 2.20. The fourth-order valence-corrected chi connectivity index (χ4v) is 3.30. The first-order valence-corrected chi connectivity index (χ1v) is 9.45. The number of halogens is 2. The second-order valence-corrected chi connectivity index (χ2v) is 7.16. The second-order valence-electron chi connectivity index (χ2n) is 6.30. The summed E-state index contributed by atoms with van der Waals surface area (Å²) >= 11 is 3.42. The molecule has 0 aliphatic carbocycles. The van der Waals surface area contributed by atoms with Gasteiger partial charge in [-0.15, -0.1) is 0 Å². The van der Waals surface area contributed by atoms with Crippen LogP contribution in [-0.2, 0) is 6.42 Å². The van der Waals surface area contributed by atoms with Crippen molar-refractivity contribution in [1.29, 1.82) is 0 Å². The minimum atomic E-state index is -0.368. The highest BCUT2D eigenvalue weighted by molar-refractivity contribution is 9.10. The van der Waals surface area contributed by atoms with Crippen molar-refractivity contribution in [3.8, 4) is 17.1 Å². The number of methoxy groups -OCH3 is 1. The molecule has 0 aliphatic rings. The van der Waals surface area contributed by atoms with E-state index in [1.54, 1.807) is 31.5 Å². The molecule has 0 aliphatic heterocycles. The van der Waals surface area contributed by atoms with Crippen LogP contribution in [0, 0.1) is 5.82 Å². The number of carbonyl (C=O) groups is 1. The molecule has 28 heavy (non-hydrogen) atoms. The number of carbonyl (C=O) groups excluding carboxylic acids is 1. The Morgan fingerprint density at radius 3 is 2.89 bits per heavy atom. The van der Waals surface area contributed by atoms with Gasteiger partial charge in [0.25, 0.3) is 5.91 Å². The van der Waals surface area contributed by atoms with Gasteiger partial charge >= 0.3 is 0 Å². The molecule has 0 spiro atoms. The third-order valence-corrected chi connectivity index (χ3v) is 4.82. The number of oxazole rings is 1. The topological polar surface area (TPSA) is 77.2 Å². The summed E-state index contributed by atoms with van der Waals surface area (Å²) in [6, 6.07) is 6.68. The summed E-state index contributed by atoms with van der Waals surface area (Å²) in [5, 5.41) is 2.90. The van der Waals surface area contributed by atoms with Crippen LogP contribution in [0.3, 0.4) is 0 Å². The van der Waals surface area contributed by atoms with E-state index in [2.05, 4.69) is 31.2 Å². The Bertz CT molecular complexity index is 977. The summed E-state index contributed by atoms with van der Waals surface area (Å²) < 4.78 is 24.6. The number of nitrogens with one attached hydrogen (secondary N) is 1. The number of pyridine rings is 1. The van der Waals surface area contributed by atoms with Gasteiger partial charge in [0.2, 0.25) is 0 Å². The standard InChI is InChI=1S/C20H19BrFN3O3/c1-12(3-4-13-7-15(22)10-23-9-13)25-20(26)18-19(28-11-24-18)14-5-6-17(27-2)16(21)8-14/h5-12H,3-4H2,1-2H3,(H,25,26)/t12-/m0/s1. The zero-order chi connectivity index (χ0) is 20.1. The number of hydrogen-bond acceptors (Lipinski definition) is 5. The molecule has 0 saturated carbocycles. The summed E-state index contributed by atoms with van der Waals surface area (Å²) in [4.78, 5) is 20.5. The summed E-state index contributed by atoms with van der Waals surface area (Å²) in [5.74, 6) is 0.352. The van der Waals surface area contributed by atoms with Crippen molar-refractivity contribution >= 4 is 21.8 Å². The zero-order valence-corrected chi connectivity index (χ0v) is 17.0. The van der Waals surface area contributed by atoms with Gasteiger partial charge < -0.3 is 14.5 Å².